The number of aromatic nitrogens is 2. The van der Waals surface area contributed by atoms with Crippen molar-refractivity contribution >= 4 is 0 Å². The first-order valence-electron chi connectivity index (χ1n) is 5.94. The molecule has 0 atom stereocenters. The number of nitrogens with one attached hydrogen (secondary N) is 1. The number of hydrogen-bond donors (Lipinski definition) is 1. The molecular weight excluding hydrogens is 200 g/mol. The summed E-state index contributed by atoms with van der Waals surface area (Å²) in [4.78, 5) is 2.33. The first-order chi connectivity index (χ1) is 7.56. The zero-order valence-electron chi connectivity index (χ0n) is 11.2. The van der Waals surface area contributed by atoms with Gasteiger partial charge in [0.15, 0.2) is 0 Å². The predicted octanol–water partition coefficient (Wildman–Crippen LogP) is 1.08. The van der Waals surface area contributed by atoms with Gasteiger partial charge in [-0.1, -0.05) is 6.92 Å². The summed E-state index contributed by atoms with van der Waals surface area (Å²) in [5.74, 6) is 0. The summed E-state index contributed by atoms with van der Waals surface area (Å²) in [6.07, 6.45) is 0. The molecule has 0 spiro atoms. The van der Waals surface area contributed by atoms with Crippen LogP contribution in [0.15, 0.2) is 0 Å². The minimum atomic E-state index is 0.983. The highest BCUT2D eigenvalue weighted by Gasteiger charge is 2.10. The molecule has 92 valence electrons. The number of likely N-dealkylation sites (N-methyl/N-ethyl adjacent to an activating group) is 2. The second-order valence-corrected chi connectivity index (χ2v) is 4.36. The molecule has 1 aromatic heterocycles. The average Bonchev–Trinajstić information content (AvgIpc) is 2.46. The Labute approximate surface area is 98.6 Å². The van der Waals surface area contributed by atoms with Crippen molar-refractivity contribution in [3.05, 3.63) is 17.0 Å². The summed E-state index contributed by atoms with van der Waals surface area (Å²) in [7, 11) is 4.16. The molecule has 0 unspecified atom stereocenters. The lowest BCUT2D eigenvalue weighted by Gasteiger charge is -2.16. The fourth-order valence-electron chi connectivity index (χ4n) is 1.84. The summed E-state index contributed by atoms with van der Waals surface area (Å²) in [5.41, 5.74) is 3.78. The molecule has 0 bridgehead atoms. The third kappa shape index (κ3) is 3.32. The van der Waals surface area contributed by atoms with Crippen LogP contribution in [0, 0.1) is 13.8 Å². The van der Waals surface area contributed by atoms with Crippen molar-refractivity contribution in [2.45, 2.75) is 27.3 Å². The number of rotatable bonds is 6. The van der Waals surface area contributed by atoms with Crippen LogP contribution in [0.5, 0.6) is 0 Å². The maximum absolute atomic E-state index is 4.43. The minimum absolute atomic E-state index is 0.983. The maximum atomic E-state index is 4.43. The molecule has 1 N–H and O–H groups in total. The van der Waals surface area contributed by atoms with Crippen LogP contribution in [-0.4, -0.2) is 41.4 Å². The van der Waals surface area contributed by atoms with Gasteiger partial charge in [-0.25, -0.2) is 0 Å². The molecule has 0 radical (unpaired) electrons. The van der Waals surface area contributed by atoms with Crippen molar-refractivity contribution in [1.82, 2.24) is 20.0 Å². The summed E-state index contributed by atoms with van der Waals surface area (Å²) in [6, 6.07) is 0. The van der Waals surface area contributed by atoms with Crippen molar-refractivity contribution < 1.29 is 0 Å². The third-order valence-corrected chi connectivity index (χ3v) is 3.01. The summed E-state index contributed by atoms with van der Waals surface area (Å²) in [5, 5.41) is 7.77. The van der Waals surface area contributed by atoms with Crippen molar-refractivity contribution in [2.24, 2.45) is 7.05 Å². The average molecular weight is 224 g/mol. The Balaban J connectivity index is 2.52. The molecule has 0 saturated carbocycles. The standard InChI is InChI=1S/C12H24N4/c1-6-13-7-8-15(4)9-12-10(2)14-16(5)11(12)3/h13H,6-9H2,1-5H3. The molecule has 1 heterocycles. The topological polar surface area (TPSA) is 33.1 Å². The van der Waals surface area contributed by atoms with Crippen molar-refractivity contribution in [2.75, 3.05) is 26.7 Å². The van der Waals surface area contributed by atoms with Crippen LogP contribution < -0.4 is 5.32 Å². The number of nitrogens with zero attached hydrogens (tertiary/aromatic N) is 3. The molecule has 0 aromatic carbocycles. The van der Waals surface area contributed by atoms with E-state index < -0.39 is 0 Å². The Kier molecular flexibility index (Phi) is 4.96. The van der Waals surface area contributed by atoms with E-state index in [9.17, 15) is 0 Å². The Hall–Kier alpha value is -0.870. The summed E-state index contributed by atoms with van der Waals surface area (Å²) < 4.78 is 1.96. The van der Waals surface area contributed by atoms with Crippen LogP contribution in [0.3, 0.4) is 0 Å². The van der Waals surface area contributed by atoms with Crippen LogP contribution in [0.1, 0.15) is 23.9 Å². The van der Waals surface area contributed by atoms with Gasteiger partial charge in [-0.2, -0.15) is 5.10 Å². The van der Waals surface area contributed by atoms with Gasteiger partial charge in [-0.3, -0.25) is 4.68 Å². The van der Waals surface area contributed by atoms with Crippen LogP contribution >= 0.6 is 0 Å². The minimum Gasteiger partial charge on any atom is -0.316 e. The van der Waals surface area contributed by atoms with E-state index in [1.165, 1.54) is 11.3 Å². The second-order valence-electron chi connectivity index (χ2n) is 4.36. The van der Waals surface area contributed by atoms with E-state index in [4.69, 9.17) is 0 Å². The lowest BCUT2D eigenvalue weighted by Crippen LogP contribution is -2.29. The lowest BCUT2D eigenvalue weighted by molar-refractivity contribution is 0.324. The predicted molar refractivity (Wildman–Crippen MR) is 67.6 cm³/mol. The smallest absolute Gasteiger partial charge is 0.0641 e. The number of aryl methyl sites for hydroxylation is 2. The van der Waals surface area contributed by atoms with E-state index in [1.54, 1.807) is 0 Å². The monoisotopic (exact) mass is 224 g/mol. The van der Waals surface area contributed by atoms with Crippen molar-refractivity contribution in [3.8, 4) is 0 Å². The quantitative estimate of drug-likeness (QED) is 0.734. The second kappa shape index (κ2) is 6.01. The van der Waals surface area contributed by atoms with Crippen LogP contribution in [0.4, 0.5) is 0 Å². The number of hydrogen-bond acceptors (Lipinski definition) is 3. The lowest BCUT2D eigenvalue weighted by atomic mass is 10.2. The van der Waals surface area contributed by atoms with E-state index in [1.807, 2.05) is 11.7 Å². The molecule has 16 heavy (non-hydrogen) atoms. The molecule has 4 heteroatoms. The third-order valence-electron chi connectivity index (χ3n) is 3.01. The molecule has 1 rings (SSSR count). The molecule has 4 nitrogen and oxygen atoms in total. The van der Waals surface area contributed by atoms with Gasteiger partial charge in [0, 0.05) is 37.9 Å². The largest absolute Gasteiger partial charge is 0.316 e. The van der Waals surface area contributed by atoms with Crippen molar-refractivity contribution in [1.29, 1.82) is 0 Å². The molecule has 0 aliphatic carbocycles. The van der Waals surface area contributed by atoms with E-state index in [2.05, 4.69) is 43.1 Å². The van der Waals surface area contributed by atoms with Gasteiger partial charge in [0.25, 0.3) is 0 Å². The van der Waals surface area contributed by atoms with Crippen LogP contribution in [0.2, 0.25) is 0 Å². The van der Waals surface area contributed by atoms with Gasteiger partial charge >= 0.3 is 0 Å². The molecule has 0 fully saturated rings. The normalized spacial score (nSPS) is 11.4. The fraction of sp³-hybridized carbons (Fsp3) is 0.750. The molecule has 0 aliphatic rings. The van der Waals surface area contributed by atoms with E-state index in [-0.39, 0.29) is 0 Å². The Morgan fingerprint density at radius 2 is 2.06 bits per heavy atom. The van der Waals surface area contributed by atoms with Crippen LogP contribution in [0.25, 0.3) is 0 Å². The SMILES string of the molecule is CCNCCN(C)Cc1c(C)nn(C)c1C. The zero-order chi connectivity index (χ0) is 12.1. The molecule has 1 aromatic rings. The van der Waals surface area contributed by atoms with Crippen LogP contribution in [-0.2, 0) is 13.6 Å². The maximum Gasteiger partial charge on any atom is 0.0641 e. The van der Waals surface area contributed by atoms with Gasteiger partial charge in [-0.15, -0.1) is 0 Å². The highest BCUT2D eigenvalue weighted by Crippen LogP contribution is 2.13. The summed E-state index contributed by atoms with van der Waals surface area (Å²) >= 11 is 0. The van der Waals surface area contributed by atoms with Gasteiger partial charge in [0.05, 0.1) is 5.69 Å². The Bertz CT molecular complexity index is 330. The highest BCUT2D eigenvalue weighted by atomic mass is 15.3. The molecule has 0 amide bonds. The molecule has 0 aliphatic heterocycles. The van der Waals surface area contributed by atoms with Crippen molar-refractivity contribution in [3.63, 3.8) is 0 Å². The zero-order valence-corrected chi connectivity index (χ0v) is 11.2. The molecule has 0 saturated heterocycles. The van der Waals surface area contributed by atoms with Gasteiger partial charge in [0.2, 0.25) is 0 Å². The highest BCUT2D eigenvalue weighted by molar-refractivity contribution is 5.23. The van der Waals surface area contributed by atoms with Gasteiger partial charge in [-0.05, 0) is 27.4 Å². The molecular formula is C12H24N4. The van der Waals surface area contributed by atoms with E-state index in [0.717, 1.165) is 31.9 Å². The first kappa shape index (κ1) is 13.2. The Morgan fingerprint density at radius 3 is 2.56 bits per heavy atom. The fourth-order valence-corrected chi connectivity index (χ4v) is 1.84. The van der Waals surface area contributed by atoms with E-state index >= 15 is 0 Å². The summed E-state index contributed by atoms with van der Waals surface area (Å²) in [6.45, 7) is 10.5. The van der Waals surface area contributed by atoms with Gasteiger partial charge in [0.1, 0.15) is 0 Å². The van der Waals surface area contributed by atoms with Gasteiger partial charge < -0.3 is 10.2 Å². The first-order valence-corrected chi connectivity index (χ1v) is 5.94. The Morgan fingerprint density at radius 1 is 1.38 bits per heavy atom. The van der Waals surface area contributed by atoms with E-state index in [0.29, 0.717) is 0 Å².